The summed E-state index contributed by atoms with van der Waals surface area (Å²) < 4.78 is 0. The predicted molar refractivity (Wildman–Crippen MR) is 167 cm³/mol. The van der Waals surface area contributed by atoms with E-state index < -0.39 is 18.4 Å². The fraction of sp³-hybridized carbons (Fsp3) is 0.0741. The number of rotatable bonds is 4. The molecular formula is C27H12Cl8N2O4. The van der Waals surface area contributed by atoms with Crippen LogP contribution in [0.1, 0.15) is 44.5 Å². The first-order valence-corrected chi connectivity index (χ1v) is 14.4. The molecule has 6 nitrogen and oxygen atoms in total. The number of para-hydroxylation sites is 1. The molecule has 0 saturated heterocycles. The highest BCUT2D eigenvalue weighted by Crippen LogP contribution is 2.47. The molecular weight excluding hydrogens is 700 g/mol. The molecule has 0 bridgehead atoms. The van der Waals surface area contributed by atoms with E-state index >= 15 is 0 Å². The van der Waals surface area contributed by atoms with Crippen molar-refractivity contribution in [1.29, 1.82) is 0 Å². The Morgan fingerprint density at radius 2 is 1.29 bits per heavy atom. The number of halogens is 8. The summed E-state index contributed by atoms with van der Waals surface area (Å²) >= 11 is 49.9. The Morgan fingerprint density at radius 1 is 0.756 bits per heavy atom. The topological polar surface area (TPSA) is 90.7 Å². The van der Waals surface area contributed by atoms with Gasteiger partial charge in [-0.25, -0.2) is 9.88 Å². The molecule has 3 aromatic carbocycles. The summed E-state index contributed by atoms with van der Waals surface area (Å²) in [4.78, 5) is 32.5. The maximum Gasteiger partial charge on any atom is 0.267 e. The number of fused-ring (bicyclic) bond motifs is 2. The maximum absolute atomic E-state index is 13.5. The van der Waals surface area contributed by atoms with Gasteiger partial charge >= 0.3 is 0 Å². The van der Waals surface area contributed by atoms with Crippen LogP contribution in [0.3, 0.4) is 0 Å². The summed E-state index contributed by atoms with van der Waals surface area (Å²) in [5.41, 5.74) is 0.469. The molecule has 2 amide bonds. The minimum absolute atomic E-state index is 0.0281. The quantitative estimate of drug-likeness (QED) is 0.0952. The number of hydrogen-bond donors (Lipinski definition) is 2. The summed E-state index contributed by atoms with van der Waals surface area (Å²) in [6.45, 7) is 0.946. The van der Waals surface area contributed by atoms with Gasteiger partial charge in [0.15, 0.2) is 0 Å². The van der Waals surface area contributed by atoms with Gasteiger partial charge in [-0.1, -0.05) is 111 Å². The number of aromatic nitrogens is 1. The van der Waals surface area contributed by atoms with Gasteiger partial charge in [-0.3, -0.25) is 9.59 Å². The molecule has 2 heterocycles. The van der Waals surface area contributed by atoms with E-state index in [1.165, 1.54) is 6.07 Å². The van der Waals surface area contributed by atoms with Gasteiger partial charge in [0.05, 0.1) is 74.8 Å². The molecule has 5 rings (SSSR count). The van der Waals surface area contributed by atoms with E-state index in [0.29, 0.717) is 5.39 Å². The summed E-state index contributed by atoms with van der Waals surface area (Å²) in [5, 5.41) is 20.7. The first kappa shape index (κ1) is 30.5. The molecule has 0 saturated carbocycles. The van der Waals surface area contributed by atoms with Crippen molar-refractivity contribution in [2.24, 2.45) is 0 Å². The van der Waals surface area contributed by atoms with Crippen molar-refractivity contribution in [2.75, 3.05) is 4.90 Å². The number of imide groups is 1. The van der Waals surface area contributed by atoms with E-state index in [4.69, 9.17) is 92.8 Å². The molecule has 0 fully saturated rings. The maximum atomic E-state index is 13.5. The van der Waals surface area contributed by atoms with Crippen LogP contribution in [-0.2, 0) is 6.61 Å². The lowest BCUT2D eigenvalue weighted by Gasteiger charge is -2.18. The predicted octanol–water partition coefficient (Wildman–Crippen LogP) is 10.2. The summed E-state index contributed by atoms with van der Waals surface area (Å²) in [5.74, 6) is -1.92. The highest BCUT2D eigenvalue weighted by Gasteiger charge is 2.43. The third kappa shape index (κ3) is 4.65. The molecule has 14 heteroatoms. The molecule has 210 valence electrons. The van der Waals surface area contributed by atoms with Crippen LogP contribution in [0.2, 0.25) is 40.2 Å². The van der Waals surface area contributed by atoms with Crippen LogP contribution in [0.15, 0.2) is 30.3 Å². The van der Waals surface area contributed by atoms with Crippen LogP contribution in [-0.4, -0.2) is 27.0 Å². The number of allylic oxidation sites excluding steroid dienone is 1. The number of amides is 2. The number of hydrogen-bond acceptors (Lipinski definition) is 5. The van der Waals surface area contributed by atoms with Gasteiger partial charge in [0.2, 0.25) is 0 Å². The third-order valence-corrected chi connectivity index (χ3v) is 10.2. The van der Waals surface area contributed by atoms with Crippen molar-refractivity contribution < 1.29 is 19.8 Å². The van der Waals surface area contributed by atoms with Crippen molar-refractivity contribution in [2.45, 2.75) is 13.5 Å². The Kier molecular flexibility index (Phi) is 8.38. The fourth-order valence-electron chi connectivity index (χ4n) is 4.47. The smallest absolute Gasteiger partial charge is 0.267 e. The molecule has 0 aliphatic carbocycles. The van der Waals surface area contributed by atoms with Crippen LogP contribution < -0.4 is 4.90 Å². The minimum Gasteiger partial charge on any atom is -0.507 e. The lowest BCUT2D eigenvalue weighted by atomic mass is 10.0. The van der Waals surface area contributed by atoms with Crippen LogP contribution in [0, 0.1) is 0 Å². The summed E-state index contributed by atoms with van der Waals surface area (Å²) in [6.07, 6.45) is 0. The average Bonchev–Trinajstić information content (AvgIpc) is 3.23. The largest absolute Gasteiger partial charge is 0.507 e. The zero-order valence-electron chi connectivity index (χ0n) is 20.2. The number of carbonyl (C=O) groups excluding carboxylic acids is 2. The number of anilines is 1. The molecule has 1 aliphatic rings. The second-order valence-corrected chi connectivity index (χ2v) is 11.8. The zero-order valence-corrected chi connectivity index (χ0v) is 26.3. The minimum atomic E-state index is -0.768. The van der Waals surface area contributed by atoms with Crippen LogP contribution in [0.25, 0.3) is 22.2 Å². The fourth-order valence-corrected chi connectivity index (χ4v) is 6.53. The molecule has 4 aromatic rings. The highest BCUT2D eigenvalue weighted by molar-refractivity contribution is 6.56. The molecule has 0 radical (unpaired) electrons. The van der Waals surface area contributed by atoms with Crippen molar-refractivity contribution >= 4 is 133 Å². The standard InChI is InChI=1S/C27H12Cl8N2O4/c1-8(25(39)13-10(7-38)16(28)20(32)21(33)17(13)29)11-6-5-9-3-2-4-12(24(9)36-11)37-26(40)14-15(27(37)41)19(31)23(35)22(34)18(14)30/h2-6,38-39H,7H2,1H3. The van der Waals surface area contributed by atoms with Crippen LogP contribution >= 0.6 is 92.8 Å². The van der Waals surface area contributed by atoms with Crippen molar-refractivity contribution in [3.05, 3.63) is 98.5 Å². The van der Waals surface area contributed by atoms with Crippen LogP contribution in [0.4, 0.5) is 5.69 Å². The van der Waals surface area contributed by atoms with Crippen molar-refractivity contribution in [3.8, 4) is 0 Å². The van der Waals surface area contributed by atoms with E-state index in [9.17, 15) is 19.8 Å². The number of pyridine rings is 1. The number of nitrogens with zero attached hydrogens (tertiary/aromatic N) is 2. The van der Waals surface area contributed by atoms with Gasteiger partial charge < -0.3 is 10.2 Å². The van der Waals surface area contributed by atoms with E-state index in [0.717, 1.165) is 4.90 Å². The first-order valence-electron chi connectivity index (χ1n) is 11.3. The molecule has 0 unspecified atom stereocenters. The van der Waals surface area contributed by atoms with E-state index in [2.05, 4.69) is 4.98 Å². The Balaban J connectivity index is 1.71. The zero-order chi connectivity index (χ0) is 30.1. The number of aliphatic hydroxyl groups is 2. The SMILES string of the molecule is CC(=C(O)c1c(Cl)c(Cl)c(Cl)c(Cl)c1CO)c1ccc2cccc(N3C(=O)c4c(Cl)c(Cl)c(Cl)c(Cl)c4C3=O)c2n1. The van der Waals surface area contributed by atoms with Gasteiger partial charge in [-0.05, 0) is 19.1 Å². The molecule has 2 N–H and O–H groups in total. The lowest BCUT2D eigenvalue weighted by molar-refractivity contribution is 0.0926. The lowest BCUT2D eigenvalue weighted by Crippen LogP contribution is -2.29. The van der Waals surface area contributed by atoms with Gasteiger partial charge in [0.1, 0.15) is 5.76 Å². The normalized spacial score (nSPS) is 13.8. The molecule has 0 atom stereocenters. The molecule has 1 aromatic heterocycles. The summed E-state index contributed by atoms with van der Waals surface area (Å²) in [6, 6.07) is 8.17. The number of aliphatic hydroxyl groups excluding tert-OH is 2. The second-order valence-electron chi connectivity index (χ2n) is 8.74. The van der Waals surface area contributed by atoms with E-state index in [1.54, 1.807) is 31.2 Å². The summed E-state index contributed by atoms with van der Waals surface area (Å²) in [7, 11) is 0. The van der Waals surface area contributed by atoms with Gasteiger partial charge in [-0.2, -0.15) is 0 Å². The van der Waals surface area contributed by atoms with E-state index in [1.807, 2.05) is 0 Å². The Bertz CT molecular complexity index is 1840. The third-order valence-electron chi connectivity index (χ3n) is 6.54. The monoisotopic (exact) mass is 708 g/mol. The van der Waals surface area contributed by atoms with Gasteiger partial charge in [0, 0.05) is 22.1 Å². The Hall–Kier alpha value is -1.97. The van der Waals surface area contributed by atoms with Gasteiger partial charge in [0.25, 0.3) is 11.8 Å². The van der Waals surface area contributed by atoms with E-state index in [-0.39, 0.29) is 90.7 Å². The van der Waals surface area contributed by atoms with Gasteiger partial charge in [-0.15, -0.1) is 0 Å². The van der Waals surface area contributed by atoms with Crippen molar-refractivity contribution in [3.63, 3.8) is 0 Å². The van der Waals surface area contributed by atoms with Crippen LogP contribution in [0.5, 0.6) is 0 Å². The first-order chi connectivity index (χ1) is 19.3. The highest BCUT2D eigenvalue weighted by atomic mass is 35.5. The molecule has 0 spiro atoms. The Labute approximate surface area is 272 Å². The molecule has 1 aliphatic heterocycles. The Morgan fingerprint density at radius 3 is 1.85 bits per heavy atom. The number of benzene rings is 3. The number of carbonyl (C=O) groups is 2. The average molecular weight is 712 g/mol. The second kappa shape index (κ2) is 11.3. The van der Waals surface area contributed by atoms with Crippen molar-refractivity contribution in [1.82, 2.24) is 4.98 Å². The molecule has 41 heavy (non-hydrogen) atoms.